The van der Waals surface area contributed by atoms with Crippen LogP contribution in [-0.4, -0.2) is 46.5 Å². The Hall–Kier alpha value is -2.22. The van der Waals surface area contributed by atoms with E-state index < -0.39 is 0 Å². The third-order valence-corrected chi connectivity index (χ3v) is 5.71. The Morgan fingerprint density at radius 1 is 1.50 bits per heavy atom. The van der Waals surface area contributed by atoms with Gasteiger partial charge in [0.2, 0.25) is 5.88 Å². The largest absolute Gasteiger partial charge is 0.467 e. The highest BCUT2D eigenvalue weighted by atomic mass is 32.1. The van der Waals surface area contributed by atoms with Crippen molar-refractivity contribution in [1.29, 1.82) is 0 Å². The van der Waals surface area contributed by atoms with Gasteiger partial charge in [0, 0.05) is 18.0 Å². The number of nitrogens with zero attached hydrogens (tertiary/aromatic N) is 3. The molecule has 2 aliphatic rings. The van der Waals surface area contributed by atoms with Crippen LogP contribution in [0.3, 0.4) is 0 Å². The summed E-state index contributed by atoms with van der Waals surface area (Å²) in [7, 11) is 0. The van der Waals surface area contributed by atoms with Gasteiger partial charge in [-0.15, -0.1) is 11.3 Å². The average molecular weight is 346 g/mol. The fourth-order valence-corrected chi connectivity index (χ4v) is 4.61. The third-order valence-electron chi connectivity index (χ3n) is 4.55. The fraction of sp³-hybridized carbons (Fsp3) is 0.500. The van der Waals surface area contributed by atoms with Gasteiger partial charge in [-0.3, -0.25) is 9.69 Å². The molecule has 0 saturated carbocycles. The Balaban J connectivity index is 1.58. The number of nitrogens with one attached hydrogen (secondary N) is 1. The van der Waals surface area contributed by atoms with Gasteiger partial charge in [-0.05, 0) is 30.7 Å². The Labute approximate surface area is 143 Å². The van der Waals surface area contributed by atoms with Gasteiger partial charge in [0.25, 0.3) is 5.91 Å². The van der Waals surface area contributed by atoms with Gasteiger partial charge in [0.15, 0.2) is 6.61 Å². The Bertz CT molecular complexity index is 819. The van der Waals surface area contributed by atoms with Gasteiger partial charge in [-0.2, -0.15) is 0 Å². The lowest BCUT2D eigenvalue weighted by Gasteiger charge is -2.18. The quantitative estimate of drug-likeness (QED) is 0.915. The molecule has 8 heteroatoms. The molecule has 7 nitrogen and oxygen atoms in total. The van der Waals surface area contributed by atoms with E-state index >= 15 is 0 Å². The normalized spacial score (nSPS) is 20.1. The topological polar surface area (TPSA) is 84.4 Å². The van der Waals surface area contributed by atoms with E-state index in [2.05, 4.69) is 22.2 Å². The average Bonchev–Trinajstić information content (AvgIpc) is 3.15. The molecule has 126 valence electrons. The number of aromatic nitrogens is 2. The molecule has 2 aromatic rings. The Morgan fingerprint density at radius 2 is 2.38 bits per heavy atom. The molecule has 0 aromatic carbocycles. The zero-order valence-corrected chi connectivity index (χ0v) is 14.2. The smallest absolute Gasteiger partial charge is 0.324 e. The first kappa shape index (κ1) is 15.3. The van der Waals surface area contributed by atoms with Crippen LogP contribution in [0.4, 0.5) is 4.79 Å². The van der Waals surface area contributed by atoms with Crippen LogP contribution < -0.4 is 10.1 Å². The van der Waals surface area contributed by atoms with E-state index in [1.165, 1.54) is 21.7 Å². The van der Waals surface area contributed by atoms with Gasteiger partial charge >= 0.3 is 6.03 Å². The van der Waals surface area contributed by atoms with Crippen LogP contribution in [0, 0.1) is 5.92 Å². The molecule has 1 atom stereocenters. The van der Waals surface area contributed by atoms with Crippen molar-refractivity contribution in [3.8, 4) is 5.88 Å². The molecule has 1 aliphatic heterocycles. The van der Waals surface area contributed by atoms with Crippen molar-refractivity contribution in [2.24, 2.45) is 5.92 Å². The number of carbonyl (C=O) groups excluding carboxylic acids is 2. The van der Waals surface area contributed by atoms with E-state index in [1.807, 2.05) is 0 Å². The Morgan fingerprint density at radius 3 is 3.17 bits per heavy atom. The number of rotatable bonds is 3. The number of aryl methyl sites for hydroxylation is 1. The van der Waals surface area contributed by atoms with Crippen LogP contribution in [-0.2, 0) is 17.6 Å². The molecule has 24 heavy (non-hydrogen) atoms. The van der Waals surface area contributed by atoms with Crippen molar-refractivity contribution >= 4 is 33.5 Å². The third kappa shape index (κ3) is 2.60. The van der Waals surface area contributed by atoms with Crippen LogP contribution in [0.15, 0.2) is 6.33 Å². The standard InChI is InChI=1S/C16H18N4O3S/c1-9-2-3-10-11(6-9)24-15-13(10)14(18-8-19-15)23-7-12(21)20-5-4-17-16(20)22/h8-9H,2-7H2,1H3,(H,17,22). The molecule has 1 fully saturated rings. The second-order valence-corrected chi connectivity index (χ2v) is 7.36. The highest BCUT2D eigenvalue weighted by Gasteiger charge is 2.27. The second-order valence-electron chi connectivity index (χ2n) is 6.28. The van der Waals surface area contributed by atoms with Gasteiger partial charge in [-0.25, -0.2) is 14.8 Å². The predicted molar refractivity (Wildman–Crippen MR) is 89.2 cm³/mol. The zero-order valence-electron chi connectivity index (χ0n) is 13.4. The van der Waals surface area contributed by atoms with Gasteiger partial charge < -0.3 is 10.1 Å². The van der Waals surface area contributed by atoms with Crippen molar-refractivity contribution in [3.05, 3.63) is 16.8 Å². The first-order valence-electron chi connectivity index (χ1n) is 8.09. The van der Waals surface area contributed by atoms with E-state index in [0.29, 0.717) is 24.9 Å². The summed E-state index contributed by atoms with van der Waals surface area (Å²) >= 11 is 1.69. The number of urea groups is 1. The number of ether oxygens (including phenoxy) is 1. The lowest BCUT2D eigenvalue weighted by molar-refractivity contribution is -0.129. The number of hydrogen-bond acceptors (Lipinski definition) is 6. The molecule has 1 unspecified atom stereocenters. The van der Waals surface area contributed by atoms with E-state index in [4.69, 9.17) is 4.74 Å². The minimum atomic E-state index is -0.363. The van der Waals surface area contributed by atoms with Gasteiger partial charge in [-0.1, -0.05) is 6.92 Å². The summed E-state index contributed by atoms with van der Waals surface area (Å²) in [5.41, 5.74) is 1.26. The number of thiophene rings is 1. The molecule has 0 radical (unpaired) electrons. The van der Waals surface area contributed by atoms with Crippen molar-refractivity contribution in [2.75, 3.05) is 19.7 Å². The summed E-state index contributed by atoms with van der Waals surface area (Å²) in [6, 6.07) is -0.363. The van der Waals surface area contributed by atoms with Crippen LogP contribution in [0.25, 0.3) is 10.2 Å². The van der Waals surface area contributed by atoms with E-state index in [1.54, 1.807) is 11.3 Å². The number of imide groups is 1. The van der Waals surface area contributed by atoms with Crippen LogP contribution in [0.5, 0.6) is 5.88 Å². The number of carbonyl (C=O) groups is 2. The summed E-state index contributed by atoms with van der Waals surface area (Å²) in [5, 5.41) is 3.54. The monoisotopic (exact) mass is 346 g/mol. The summed E-state index contributed by atoms with van der Waals surface area (Å²) in [6.45, 7) is 2.93. The molecule has 0 spiro atoms. The predicted octanol–water partition coefficient (Wildman–Crippen LogP) is 1.75. The van der Waals surface area contributed by atoms with E-state index in [-0.39, 0.29) is 18.5 Å². The molecule has 1 saturated heterocycles. The van der Waals surface area contributed by atoms with E-state index in [0.717, 1.165) is 29.5 Å². The summed E-state index contributed by atoms with van der Waals surface area (Å²) in [6.07, 6.45) is 4.65. The molecule has 1 aliphatic carbocycles. The highest BCUT2D eigenvalue weighted by molar-refractivity contribution is 7.18. The second kappa shape index (κ2) is 6.01. The lowest BCUT2D eigenvalue weighted by Crippen LogP contribution is -2.37. The minimum absolute atomic E-state index is 0.194. The maximum atomic E-state index is 12.1. The molecule has 3 amide bonds. The molecule has 2 aromatic heterocycles. The minimum Gasteiger partial charge on any atom is -0.467 e. The van der Waals surface area contributed by atoms with E-state index in [9.17, 15) is 9.59 Å². The number of amides is 3. The number of fused-ring (bicyclic) bond motifs is 3. The van der Waals surface area contributed by atoms with Crippen LogP contribution in [0.2, 0.25) is 0 Å². The van der Waals surface area contributed by atoms with Crippen molar-refractivity contribution in [1.82, 2.24) is 20.2 Å². The molecular formula is C16H18N4O3S. The summed E-state index contributed by atoms with van der Waals surface area (Å²) < 4.78 is 5.68. The van der Waals surface area contributed by atoms with Gasteiger partial charge in [0.1, 0.15) is 11.2 Å². The molecule has 1 N–H and O–H groups in total. The fourth-order valence-electron chi connectivity index (χ4n) is 3.27. The lowest BCUT2D eigenvalue weighted by atomic mass is 9.89. The highest BCUT2D eigenvalue weighted by Crippen LogP contribution is 2.40. The van der Waals surface area contributed by atoms with Gasteiger partial charge in [0.05, 0.1) is 5.39 Å². The Kier molecular flexibility index (Phi) is 3.84. The number of hydrogen-bond donors (Lipinski definition) is 1. The van der Waals surface area contributed by atoms with Crippen molar-refractivity contribution in [3.63, 3.8) is 0 Å². The van der Waals surface area contributed by atoms with Crippen molar-refractivity contribution in [2.45, 2.75) is 26.2 Å². The summed E-state index contributed by atoms with van der Waals surface area (Å²) in [5.74, 6) is 0.771. The first-order valence-corrected chi connectivity index (χ1v) is 8.91. The molecule has 3 heterocycles. The van der Waals surface area contributed by atoms with Crippen LogP contribution >= 0.6 is 11.3 Å². The molecule has 0 bridgehead atoms. The molecule has 4 rings (SSSR count). The maximum absolute atomic E-state index is 12.1. The summed E-state index contributed by atoms with van der Waals surface area (Å²) in [4.78, 5) is 35.7. The SMILES string of the molecule is CC1CCc2c(sc3ncnc(OCC(=O)N4CCNC4=O)c23)C1. The van der Waals surface area contributed by atoms with Crippen molar-refractivity contribution < 1.29 is 14.3 Å². The zero-order chi connectivity index (χ0) is 16.7. The molecular weight excluding hydrogens is 328 g/mol. The first-order chi connectivity index (χ1) is 11.6. The van der Waals surface area contributed by atoms with Crippen LogP contribution in [0.1, 0.15) is 23.8 Å². The maximum Gasteiger partial charge on any atom is 0.324 e.